The third-order valence-corrected chi connectivity index (χ3v) is 15.4. The molecule has 0 aromatic heterocycles. The topological polar surface area (TPSA) is 169 Å². The zero-order chi connectivity index (χ0) is 48.0. The Hall–Kier alpha value is -2.50. The van der Waals surface area contributed by atoms with Crippen LogP contribution in [0.2, 0.25) is 20.1 Å². The highest BCUT2D eigenvalue weighted by molar-refractivity contribution is 7.89. The molecule has 67 heavy (non-hydrogen) atoms. The molecule has 4 aromatic carbocycles. The molecule has 2 unspecified atom stereocenters. The predicted octanol–water partition coefficient (Wildman–Crippen LogP) is 5.89. The van der Waals surface area contributed by atoms with Crippen molar-refractivity contribution in [1.29, 1.82) is 0 Å². The standard InChI is InChI=1S/C46H60Cl4N6O9S2/c1-55-28-40(38-24-34(47)26-44(49)42(38)30-55)32-4-8-36(9-5-32)66(57,58)53-14-18-64-22-20-62-16-12-51-46(61-3)52-13-17-63-21-23-65-19-15-54-67(59,60)37-10-6-33(7-11-37)41-29-56(2)31-43-39(41)25-35(48)27-45(43)50/h4-11,24-27,40-41,46,51-54H,12-23,28-31H2,1-3H3. The SMILES string of the molecule is COC(NCCOCCOCCNS(=O)(=O)c1ccc(C2CN(C)Cc3c(Cl)cc(Cl)cc32)cc1)NCCOCCOCCNS(=O)(=O)c1ccc(C2CN(C)Cc3c(Cl)cc(Cl)cc32)cc1. The van der Waals surface area contributed by atoms with Crippen LogP contribution in [0.25, 0.3) is 0 Å². The summed E-state index contributed by atoms with van der Waals surface area (Å²) in [5, 5.41) is 8.79. The van der Waals surface area contributed by atoms with Crippen LogP contribution in [0.4, 0.5) is 0 Å². The Balaban J connectivity index is 0.754. The maximum absolute atomic E-state index is 12.9. The molecule has 0 spiro atoms. The number of hydrogen-bond donors (Lipinski definition) is 4. The number of rotatable bonds is 27. The van der Waals surface area contributed by atoms with Gasteiger partial charge in [0.2, 0.25) is 20.0 Å². The lowest BCUT2D eigenvalue weighted by Gasteiger charge is -2.33. The number of hydrogen-bond acceptors (Lipinski definition) is 13. The van der Waals surface area contributed by atoms with Gasteiger partial charge in [0.05, 0.1) is 62.6 Å². The summed E-state index contributed by atoms with van der Waals surface area (Å²) in [5.74, 6) is 0.0250. The molecule has 4 N–H and O–H groups in total. The number of methoxy groups -OCH3 is 1. The molecule has 2 atom stereocenters. The molecule has 2 heterocycles. The minimum absolute atomic E-state index is 0.0125. The average molecular weight is 1050 g/mol. The van der Waals surface area contributed by atoms with Gasteiger partial charge in [0.25, 0.3) is 0 Å². The van der Waals surface area contributed by atoms with E-state index in [4.69, 9.17) is 70.1 Å². The summed E-state index contributed by atoms with van der Waals surface area (Å²) in [4.78, 5) is 4.72. The largest absolute Gasteiger partial charge is 0.378 e. The molecule has 0 saturated heterocycles. The maximum Gasteiger partial charge on any atom is 0.240 e. The fourth-order valence-electron chi connectivity index (χ4n) is 8.09. The van der Waals surface area contributed by atoms with E-state index in [1.54, 1.807) is 43.5 Å². The van der Waals surface area contributed by atoms with Crippen molar-refractivity contribution in [2.75, 3.05) is 113 Å². The number of nitrogens with zero attached hydrogens (tertiary/aromatic N) is 2. The molecule has 368 valence electrons. The fourth-order valence-corrected chi connectivity index (χ4v) is 11.3. The van der Waals surface area contributed by atoms with Crippen LogP contribution in [-0.2, 0) is 56.8 Å². The summed E-state index contributed by atoms with van der Waals surface area (Å²) >= 11 is 25.7. The van der Waals surface area contributed by atoms with E-state index >= 15 is 0 Å². The van der Waals surface area contributed by atoms with Crippen LogP contribution in [0, 0.1) is 0 Å². The third kappa shape index (κ3) is 15.7. The molecule has 2 aliphatic rings. The number of nitrogens with one attached hydrogen (secondary N) is 4. The molecule has 0 bridgehead atoms. The Morgan fingerprint density at radius 1 is 0.552 bits per heavy atom. The first kappa shape index (κ1) is 53.8. The summed E-state index contributed by atoms with van der Waals surface area (Å²) < 4.78 is 84.7. The Morgan fingerprint density at radius 3 is 1.27 bits per heavy atom. The lowest BCUT2D eigenvalue weighted by atomic mass is 9.85. The van der Waals surface area contributed by atoms with Gasteiger partial charge in [0, 0.05) is 91.4 Å². The summed E-state index contributed by atoms with van der Waals surface area (Å²) in [6.45, 7) is 6.72. The second-order valence-corrected chi connectivity index (χ2v) is 21.5. The molecule has 0 radical (unpaired) electrons. The molecule has 0 aliphatic carbocycles. The average Bonchev–Trinajstić information content (AvgIpc) is 3.29. The van der Waals surface area contributed by atoms with E-state index in [0.29, 0.717) is 72.8 Å². The Morgan fingerprint density at radius 2 is 0.910 bits per heavy atom. The lowest BCUT2D eigenvalue weighted by molar-refractivity contribution is 0.0147. The maximum atomic E-state index is 12.9. The van der Waals surface area contributed by atoms with Crippen LogP contribution < -0.4 is 20.1 Å². The molecule has 0 amide bonds. The van der Waals surface area contributed by atoms with Gasteiger partial charge in [0.15, 0.2) is 6.35 Å². The Labute approximate surface area is 415 Å². The Bertz CT molecular complexity index is 2270. The Kier molecular flexibility index (Phi) is 21.0. The van der Waals surface area contributed by atoms with Crippen molar-refractivity contribution in [2.24, 2.45) is 0 Å². The van der Waals surface area contributed by atoms with Crippen molar-refractivity contribution in [3.63, 3.8) is 0 Å². The summed E-state index contributed by atoms with van der Waals surface area (Å²) in [5.41, 5.74) is 6.16. The van der Waals surface area contributed by atoms with Crippen LogP contribution >= 0.6 is 46.4 Å². The third-order valence-electron chi connectivity index (χ3n) is 11.4. The van der Waals surface area contributed by atoms with Crippen LogP contribution in [0.1, 0.15) is 45.2 Å². The van der Waals surface area contributed by atoms with Gasteiger partial charge in [-0.15, -0.1) is 0 Å². The number of benzene rings is 4. The van der Waals surface area contributed by atoms with Crippen molar-refractivity contribution in [3.8, 4) is 0 Å². The van der Waals surface area contributed by atoms with Crippen LogP contribution in [0.3, 0.4) is 0 Å². The number of ether oxygens (including phenoxy) is 5. The molecule has 15 nitrogen and oxygen atoms in total. The van der Waals surface area contributed by atoms with E-state index in [-0.39, 0.29) is 47.9 Å². The number of sulfonamides is 2. The van der Waals surface area contributed by atoms with E-state index in [2.05, 4.69) is 29.9 Å². The van der Waals surface area contributed by atoms with E-state index in [1.807, 2.05) is 50.5 Å². The van der Waals surface area contributed by atoms with Crippen LogP contribution in [-0.4, -0.2) is 146 Å². The number of fused-ring (bicyclic) bond motifs is 2. The highest BCUT2D eigenvalue weighted by atomic mass is 35.5. The van der Waals surface area contributed by atoms with Crippen molar-refractivity contribution in [1.82, 2.24) is 29.9 Å². The predicted molar refractivity (Wildman–Crippen MR) is 263 cm³/mol. The van der Waals surface area contributed by atoms with E-state index in [0.717, 1.165) is 59.6 Å². The van der Waals surface area contributed by atoms with E-state index < -0.39 is 26.4 Å². The molecule has 6 rings (SSSR count). The van der Waals surface area contributed by atoms with E-state index in [1.165, 1.54) is 0 Å². The van der Waals surface area contributed by atoms with Crippen LogP contribution in [0.15, 0.2) is 82.6 Å². The van der Waals surface area contributed by atoms with Gasteiger partial charge in [-0.3, -0.25) is 10.6 Å². The second kappa shape index (κ2) is 26.1. The van der Waals surface area contributed by atoms with Crippen molar-refractivity contribution in [2.45, 2.75) is 41.1 Å². The summed E-state index contributed by atoms with van der Waals surface area (Å²) in [6.07, 6.45) is -0.416. The summed E-state index contributed by atoms with van der Waals surface area (Å²) in [6, 6.07) is 21.2. The van der Waals surface area contributed by atoms with Gasteiger partial charge in [-0.2, -0.15) is 0 Å². The molecule has 21 heteroatoms. The van der Waals surface area contributed by atoms with Crippen LogP contribution in [0.5, 0.6) is 0 Å². The van der Waals surface area contributed by atoms with Gasteiger partial charge in [-0.25, -0.2) is 26.3 Å². The molecular weight excluding hydrogens is 986 g/mol. The highest BCUT2D eigenvalue weighted by Crippen LogP contribution is 2.40. The smallest absolute Gasteiger partial charge is 0.240 e. The second-order valence-electron chi connectivity index (χ2n) is 16.3. The van der Waals surface area contributed by atoms with Gasteiger partial charge in [-0.1, -0.05) is 70.7 Å². The summed E-state index contributed by atoms with van der Waals surface area (Å²) in [7, 11) is -1.81. The van der Waals surface area contributed by atoms with Gasteiger partial charge in [0.1, 0.15) is 0 Å². The fraction of sp³-hybridized carbons (Fsp3) is 0.478. The first-order chi connectivity index (χ1) is 32.1. The van der Waals surface area contributed by atoms with E-state index in [9.17, 15) is 16.8 Å². The molecule has 0 saturated carbocycles. The van der Waals surface area contributed by atoms with Crippen molar-refractivity contribution < 1.29 is 40.5 Å². The highest BCUT2D eigenvalue weighted by Gasteiger charge is 2.29. The zero-order valence-electron chi connectivity index (χ0n) is 37.9. The normalized spacial score (nSPS) is 17.4. The molecule has 4 aromatic rings. The number of likely N-dealkylation sites (N-methyl/N-ethyl adjacent to an activating group) is 2. The molecular formula is C46H60Cl4N6O9S2. The molecule has 0 fully saturated rings. The van der Waals surface area contributed by atoms with Gasteiger partial charge in [-0.05, 0) is 96.0 Å². The lowest BCUT2D eigenvalue weighted by Crippen LogP contribution is -2.46. The number of halogens is 4. The minimum Gasteiger partial charge on any atom is -0.378 e. The molecule has 2 aliphatic heterocycles. The van der Waals surface area contributed by atoms with Crippen molar-refractivity contribution >= 4 is 66.5 Å². The van der Waals surface area contributed by atoms with Crippen molar-refractivity contribution in [3.05, 3.63) is 126 Å². The first-order valence-corrected chi connectivity index (χ1v) is 26.5. The van der Waals surface area contributed by atoms with Gasteiger partial charge < -0.3 is 33.5 Å². The monoisotopic (exact) mass is 1040 g/mol. The van der Waals surface area contributed by atoms with Gasteiger partial charge >= 0.3 is 0 Å². The zero-order valence-corrected chi connectivity index (χ0v) is 42.5. The quantitative estimate of drug-likeness (QED) is 0.0413. The minimum atomic E-state index is -3.72. The first-order valence-electron chi connectivity index (χ1n) is 22.0.